The lowest BCUT2D eigenvalue weighted by Gasteiger charge is -2.16. The molecule has 572 valence electrons. The second kappa shape index (κ2) is 27.4. The van der Waals surface area contributed by atoms with Gasteiger partial charge in [0.2, 0.25) is 51.5 Å². The molecule has 16 N–H and O–H groups in total. The van der Waals surface area contributed by atoms with Gasteiger partial charge in [0.1, 0.15) is 51.9 Å². The zero-order chi connectivity index (χ0) is 79.2. The molecule has 0 saturated heterocycles. The van der Waals surface area contributed by atoms with Crippen LogP contribution in [0.5, 0.6) is 0 Å². The van der Waals surface area contributed by atoms with Gasteiger partial charge in [-0.15, -0.1) is 0 Å². The van der Waals surface area contributed by atoms with Crippen molar-refractivity contribution in [1.29, 1.82) is 0 Å². The summed E-state index contributed by atoms with van der Waals surface area (Å²) < 4.78 is 243. The molecule has 0 bridgehead atoms. The molecule has 41 nitrogen and oxygen atoms in total. The minimum absolute atomic E-state index is 0.199. The Balaban J connectivity index is 0.753. The minimum atomic E-state index is -5.43. The molecule has 0 atom stereocenters. The van der Waals surface area contributed by atoms with Gasteiger partial charge in [-0.2, -0.15) is 95.4 Å². The lowest BCUT2D eigenvalue weighted by molar-refractivity contribution is 0.480. The maximum Gasteiger partial charge on any atom is 0.300 e. The Bertz CT molecular complexity index is 7070. The molecular formula is C57H32Cl7N19O22S6. The van der Waals surface area contributed by atoms with E-state index in [0.717, 1.165) is 36.4 Å². The molecule has 8 aromatic carbocycles. The average molecular weight is 1780 g/mol. The van der Waals surface area contributed by atoms with E-state index in [0.29, 0.717) is 0 Å². The second-order valence-electron chi connectivity index (χ2n) is 22.6. The number of aromatic amines is 4. The summed E-state index contributed by atoms with van der Waals surface area (Å²) in [6.07, 6.45) is 0. The molecule has 0 aliphatic carbocycles. The number of hydrogen-bond acceptors (Lipinski definition) is 31. The van der Waals surface area contributed by atoms with E-state index >= 15 is 0 Å². The fourth-order valence-corrected chi connectivity index (χ4v) is 17.2. The summed E-state index contributed by atoms with van der Waals surface area (Å²) in [5.74, 6) is -2.99. The predicted molar refractivity (Wildman–Crippen MR) is 401 cm³/mol. The molecular weight excluding hydrogens is 1740 g/mol. The Morgan fingerprint density at radius 3 is 0.676 bits per heavy atom. The number of para-hydroxylation sites is 2. The van der Waals surface area contributed by atoms with Gasteiger partial charge < -0.3 is 69.5 Å². The van der Waals surface area contributed by atoms with Crippen molar-refractivity contribution in [3.05, 3.63) is 133 Å². The number of hydrogen-bond donors (Lipinski definition) is 16. The van der Waals surface area contributed by atoms with Gasteiger partial charge >= 0.3 is 0 Å². The normalized spacial score (nSPS) is 12.6. The van der Waals surface area contributed by atoms with Crippen LogP contribution < -0.4 is 31.9 Å². The first-order valence-electron chi connectivity index (χ1n) is 29.6. The monoisotopic (exact) mass is 1770 g/mol. The molecule has 0 amide bonds. The van der Waals surface area contributed by atoms with Crippen LogP contribution in [-0.4, -0.2) is 143 Å². The first-order valence-corrected chi connectivity index (χ1v) is 40.9. The number of nitrogens with zero attached hydrogens (tertiary/aromatic N) is 9. The van der Waals surface area contributed by atoms with E-state index in [2.05, 4.69) is 96.7 Å². The van der Waals surface area contributed by atoms with E-state index in [9.17, 15) is 77.8 Å². The van der Waals surface area contributed by atoms with Crippen molar-refractivity contribution in [2.75, 3.05) is 31.9 Å². The quantitative estimate of drug-likeness (QED) is 0.0280. The molecule has 7 aromatic heterocycles. The van der Waals surface area contributed by atoms with Crippen molar-refractivity contribution in [2.45, 2.75) is 29.4 Å². The van der Waals surface area contributed by atoms with Crippen molar-refractivity contribution in [1.82, 2.24) is 64.8 Å². The number of H-pyrrole nitrogens is 4. The summed E-state index contributed by atoms with van der Waals surface area (Å²) in [5.41, 5.74) is -8.37. The molecule has 0 radical (unpaired) electrons. The summed E-state index contributed by atoms with van der Waals surface area (Å²) in [6, 6.07) is 19.4. The Morgan fingerprint density at radius 2 is 0.468 bits per heavy atom. The van der Waals surface area contributed by atoms with E-state index < -0.39 is 229 Å². The van der Waals surface area contributed by atoms with Crippen molar-refractivity contribution in [2.24, 2.45) is 0 Å². The van der Waals surface area contributed by atoms with E-state index in [1.165, 1.54) is 60.7 Å². The van der Waals surface area contributed by atoms with Crippen molar-refractivity contribution in [3.8, 4) is 0 Å². The third-order valence-corrected chi connectivity index (χ3v) is 23.0. The van der Waals surface area contributed by atoms with Crippen LogP contribution in [0.25, 0.3) is 88.8 Å². The van der Waals surface area contributed by atoms with E-state index in [4.69, 9.17) is 98.9 Å². The molecule has 0 fully saturated rings. The Morgan fingerprint density at radius 1 is 0.261 bits per heavy atom. The third kappa shape index (κ3) is 14.5. The van der Waals surface area contributed by atoms with Crippen molar-refractivity contribution >= 4 is 301 Å². The number of aromatic nitrogens is 13. The van der Waals surface area contributed by atoms with Gasteiger partial charge in [0.25, 0.3) is 60.7 Å². The first-order chi connectivity index (χ1) is 52.1. The number of nitrogens with one attached hydrogen (secondary N) is 10. The van der Waals surface area contributed by atoms with Crippen molar-refractivity contribution < 1.29 is 95.5 Å². The van der Waals surface area contributed by atoms with E-state index in [-0.39, 0.29) is 55.5 Å². The molecule has 0 aliphatic heterocycles. The van der Waals surface area contributed by atoms with Gasteiger partial charge in [0, 0.05) is 0 Å². The topological polar surface area (TPSA) is 630 Å². The van der Waals surface area contributed by atoms with Crippen LogP contribution in [0.15, 0.2) is 144 Å². The largest absolute Gasteiger partial charge is 0.450 e. The van der Waals surface area contributed by atoms with Gasteiger partial charge in [-0.3, -0.25) is 27.3 Å². The van der Waals surface area contributed by atoms with Crippen LogP contribution in [-0.2, 0) is 60.7 Å². The molecule has 111 heavy (non-hydrogen) atoms. The van der Waals surface area contributed by atoms with Gasteiger partial charge in [-0.1, -0.05) is 70.7 Å². The van der Waals surface area contributed by atoms with E-state index in [1.54, 1.807) is 0 Å². The van der Waals surface area contributed by atoms with Crippen LogP contribution >= 0.6 is 81.2 Å². The molecule has 15 rings (SSSR count). The molecule has 0 aliphatic rings. The molecule has 0 spiro atoms. The number of benzene rings is 8. The second-order valence-corrected chi connectivity index (χ2v) is 33.3. The zero-order valence-electron chi connectivity index (χ0n) is 53.1. The molecule has 7 heterocycles. The maximum atomic E-state index is 13.5. The lowest BCUT2D eigenvalue weighted by atomic mass is 10.2. The SMILES string of the molecule is O=S(=O)(O)c1ccccc1Nc1nc(Cl)nc(Nc2ccc3[nH]c4c(Cl)c5oc6c(S(=O)(=O)O)c(Nc7nc(Cl)nc(Nc8ccc9[nH]c%10c(Cl)c%11oc%12c(S(=O)(=O)O)c(Nc%13nc(Cl)nc(Nc%14ccccc%14S(=O)(=O)O)n%13)ccc%12[nH]c%11c(Cl)c%10oc9c8S(=O)(=O)O)n7)ccc6[nH]c5c(Cl)c4oc3c2S(=O)(=O)O)n1. The Labute approximate surface area is 649 Å². The fraction of sp³-hybridized carbons (Fsp3) is 0. The van der Waals surface area contributed by atoms with Crippen LogP contribution in [0.4, 0.5) is 69.8 Å². The predicted octanol–water partition coefficient (Wildman–Crippen LogP) is 13.9. The minimum Gasteiger partial charge on any atom is -0.450 e. The van der Waals surface area contributed by atoms with Crippen LogP contribution in [0, 0.1) is 0 Å². The number of fused-ring (bicyclic) bond motifs is 8. The molecule has 15 aromatic rings. The summed E-state index contributed by atoms with van der Waals surface area (Å²) in [7, 11) is -31.1. The fourth-order valence-electron chi connectivity index (χ4n) is 11.2. The molecule has 54 heteroatoms. The molecule has 0 saturated carbocycles. The summed E-state index contributed by atoms with van der Waals surface area (Å²) >= 11 is 46.5. The van der Waals surface area contributed by atoms with Crippen LogP contribution in [0.3, 0.4) is 0 Å². The Hall–Kier alpha value is -10.5. The van der Waals surface area contributed by atoms with Crippen LogP contribution in [0.2, 0.25) is 35.9 Å². The van der Waals surface area contributed by atoms with E-state index in [1.807, 2.05) is 0 Å². The zero-order valence-corrected chi connectivity index (χ0v) is 63.3. The highest BCUT2D eigenvalue weighted by Crippen LogP contribution is 2.47. The lowest BCUT2D eigenvalue weighted by Crippen LogP contribution is -2.10. The summed E-state index contributed by atoms with van der Waals surface area (Å²) in [4.78, 5) is 42.3. The average Bonchev–Trinajstić information content (AvgIpc) is 0.726. The highest BCUT2D eigenvalue weighted by molar-refractivity contribution is 7.87. The van der Waals surface area contributed by atoms with Crippen LogP contribution in [0.1, 0.15) is 0 Å². The smallest absolute Gasteiger partial charge is 0.300 e. The summed E-state index contributed by atoms with van der Waals surface area (Å²) in [5, 5.41) is 12.1. The first kappa shape index (κ1) is 75.9. The highest BCUT2D eigenvalue weighted by Gasteiger charge is 2.33. The number of halogens is 7. The molecule has 0 unspecified atom stereocenters. The third-order valence-electron chi connectivity index (χ3n) is 15.6. The van der Waals surface area contributed by atoms with Crippen molar-refractivity contribution in [3.63, 3.8) is 0 Å². The number of anilines is 12. The Kier molecular flexibility index (Phi) is 18.8. The van der Waals surface area contributed by atoms with Gasteiger partial charge in [0.15, 0.2) is 64.2 Å². The van der Waals surface area contributed by atoms with Gasteiger partial charge in [-0.25, -0.2) is 0 Å². The number of rotatable bonds is 18. The summed E-state index contributed by atoms with van der Waals surface area (Å²) in [6.45, 7) is 0. The maximum absolute atomic E-state index is 13.5. The van der Waals surface area contributed by atoms with Gasteiger partial charge in [-0.05, 0) is 108 Å². The standard InChI is InChI=1S/C57H32Cl7N19O22S6/c58-29-35-43(31(60)33-41(29)102-37-19(65-33)9-13-23(45(37)108(90,91)92)71-54-77-49(62)75-52(81-54)69-17-5-1-3-7-27(17)106(84,85)86)104-39-21(67-35)11-15-25(47(39)110(96,97)98)73-56-79-51(64)80-57(83-56)74-26-16-12-22-40(48(26)111(99,100)101)105-44-32(61)34-42(30(59)36(44)68-22)103-38-20(66-34)10-14-24(46(38)109(93,94)95)72-55-78-50(63)76-53(82-55)70-18-6-2-4-8-28(18)107(87,88)89/h1-16,65-68H,(H,84,85,86)(H,87,88,89)(H,90,91,92)(H,93,94,95)(H,96,97,98)(H,99,100,101)(H2,69,71,75,77,81)(H2,70,72,76,78,82)(H2,73,74,79,80,83). The van der Waals surface area contributed by atoms with Gasteiger partial charge in [0.05, 0.1) is 56.2 Å². The highest BCUT2D eigenvalue weighted by atomic mass is 35.5.